The number of likely N-dealkylation sites (tertiary alicyclic amines) is 1. The molecule has 2 unspecified atom stereocenters. The number of rotatable bonds is 3. The molecule has 0 aromatic heterocycles. The summed E-state index contributed by atoms with van der Waals surface area (Å²) >= 11 is 0. The molecule has 26 heavy (non-hydrogen) atoms. The number of fused-ring (bicyclic) bond motifs is 1. The minimum Gasteiger partial charge on any atom is -0.338 e. The van der Waals surface area contributed by atoms with Crippen LogP contribution in [-0.4, -0.2) is 46.7 Å². The van der Waals surface area contributed by atoms with Crippen LogP contribution < -0.4 is 0 Å². The van der Waals surface area contributed by atoms with E-state index in [2.05, 4.69) is 12.1 Å². The first-order chi connectivity index (χ1) is 12.6. The standard InChI is InChI=1S/C21H20N2O3/c1-14-11-16(15-7-3-2-4-8-15)12-22(14)19(24)13-23-20(25)17-9-5-6-10-18(17)21(23)26/h2-10,14,16H,11-13H2,1H3. The lowest BCUT2D eigenvalue weighted by Gasteiger charge is -2.24. The topological polar surface area (TPSA) is 57.7 Å². The van der Waals surface area contributed by atoms with Crippen molar-refractivity contribution in [3.05, 3.63) is 71.3 Å². The number of nitrogens with zero attached hydrogens (tertiary/aromatic N) is 2. The van der Waals surface area contributed by atoms with E-state index in [1.807, 2.05) is 25.1 Å². The molecule has 2 aromatic carbocycles. The zero-order valence-electron chi connectivity index (χ0n) is 14.6. The fourth-order valence-electron chi connectivity index (χ4n) is 3.95. The molecule has 0 radical (unpaired) electrons. The number of imide groups is 1. The Hall–Kier alpha value is -2.95. The van der Waals surface area contributed by atoms with Gasteiger partial charge in [0.1, 0.15) is 6.54 Å². The Kier molecular flexibility index (Phi) is 4.07. The van der Waals surface area contributed by atoms with Crippen LogP contribution in [0, 0.1) is 0 Å². The van der Waals surface area contributed by atoms with E-state index >= 15 is 0 Å². The first-order valence-electron chi connectivity index (χ1n) is 8.86. The van der Waals surface area contributed by atoms with Crippen LogP contribution in [0.15, 0.2) is 54.6 Å². The molecule has 2 atom stereocenters. The van der Waals surface area contributed by atoms with E-state index in [1.54, 1.807) is 29.2 Å². The number of carbonyl (C=O) groups is 3. The molecular formula is C21H20N2O3. The molecule has 2 aromatic rings. The maximum absolute atomic E-state index is 12.8. The van der Waals surface area contributed by atoms with Gasteiger partial charge in [0.05, 0.1) is 11.1 Å². The summed E-state index contributed by atoms with van der Waals surface area (Å²) < 4.78 is 0. The monoisotopic (exact) mass is 348 g/mol. The van der Waals surface area contributed by atoms with Gasteiger partial charge in [0.2, 0.25) is 5.91 Å². The Morgan fingerprint density at radius 1 is 0.962 bits per heavy atom. The summed E-state index contributed by atoms with van der Waals surface area (Å²) in [7, 11) is 0. The van der Waals surface area contributed by atoms with Crippen molar-refractivity contribution in [2.24, 2.45) is 0 Å². The zero-order chi connectivity index (χ0) is 18.3. The number of benzene rings is 2. The van der Waals surface area contributed by atoms with Crippen LogP contribution in [0.4, 0.5) is 0 Å². The van der Waals surface area contributed by atoms with Crippen molar-refractivity contribution < 1.29 is 14.4 Å². The Labute approximate surface area is 152 Å². The summed E-state index contributed by atoms with van der Waals surface area (Å²) in [5, 5.41) is 0. The third kappa shape index (κ3) is 2.69. The summed E-state index contributed by atoms with van der Waals surface area (Å²) in [5.74, 6) is -0.654. The average molecular weight is 348 g/mol. The maximum atomic E-state index is 12.8. The number of carbonyl (C=O) groups excluding carboxylic acids is 3. The van der Waals surface area contributed by atoms with Crippen molar-refractivity contribution in [2.45, 2.75) is 25.3 Å². The lowest BCUT2D eigenvalue weighted by atomic mass is 9.97. The van der Waals surface area contributed by atoms with E-state index in [4.69, 9.17) is 0 Å². The third-order valence-corrected chi connectivity index (χ3v) is 5.34. The van der Waals surface area contributed by atoms with E-state index in [9.17, 15) is 14.4 Å². The normalized spacial score (nSPS) is 22.0. The predicted octanol–water partition coefficient (Wildman–Crippen LogP) is 2.69. The van der Waals surface area contributed by atoms with Crippen molar-refractivity contribution in [3.8, 4) is 0 Å². The molecule has 0 aliphatic carbocycles. The Morgan fingerprint density at radius 3 is 2.15 bits per heavy atom. The predicted molar refractivity (Wildman–Crippen MR) is 96.8 cm³/mol. The van der Waals surface area contributed by atoms with E-state index in [1.165, 1.54) is 5.56 Å². The van der Waals surface area contributed by atoms with Crippen LogP contribution in [0.2, 0.25) is 0 Å². The van der Waals surface area contributed by atoms with Crippen LogP contribution in [0.3, 0.4) is 0 Å². The SMILES string of the molecule is CC1CC(c2ccccc2)CN1C(=O)CN1C(=O)c2ccccc2C1=O. The number of amides is 3. The highest BCUT2D eigenvalue weighted by Crippen LogP contribution is 2.32. The lowest BCUT2D eigenvalue weighted by Crippen LogP contribution is -2.44. The average Bonchev–Trinajstić information content (AvgIpc) is 3.17. The van der Waals surface area contributed by atoms with Gasteiger partial charge in [-0.2, -0.15) is 0 Å². The second kappa shape index (κ2) is 6.41. The maximum Gasteiger partial charge on any atom is 0.262 e. The molecule has 2 aliphatic rings. The first-order valence-corrected chi connectivity index (χ1v) is 8.86. The largest absolute Gasteiger partial charge is 0.338 e. The van der Waals surface area contributed by atoms with E-state index in [0.717, 1.165) is 11.3 Å². The molecule has 5 nitrogen and oxygen atoms in total. The van der Waals surface area contributed by atoms with E-state index < -0.39 is 0 Å². The van der Waals surface area contributed by atoms with Gasteiger partial charge in [-0.25, -0.2) is 0 Å². The van der Waals surface area contributed by atoms with Gasteiger partial charge in [-0.15, -0.1) is 0 Å². The Bertz CT molecular complexity index is 843. The molecule has 2 aliphatic heterocycles. The van der Waals surface area contributed by atoms with Crippen LogP contribution >= 0.6 is 0 Å². The summed E-state index contributed by atoms with van der Waals surface area (Å²) in [6.45, 7) is 2.44. The fraction of sp³-hybridized carbons (Fsp3) is 0.286. The molecule has 0 N–H and O–H groups in total. The Balaban J connectivity index is 1.48. The van der Waals surface area contributed by atoms with Crippen LogP contribution in [0.25, 0.3) is 0 Å². The molecule has 0 spiro atoms. The Morgan fingerprint density at radius 2 is 1.54 bits per heavy atom. The van der Waals surface area contributed by atoms with Crippen LogP contribution in [-0.2, 0) is 4.79 Å². The molecule has 2 heterocycles. The molecule has 132 valence electrons. The van der Waals surface area contributed by atoms with Gasteiger partial charge in [-0.1, -0.05) is 42.5 Å². The molecular weight excluding hydrogens is 328 g/mol. The van der Waals surface area contributed by atoms with Gasteiger partial charge in [-0.3, -0.25) is 19.3 Å². The molecule has 3 amide bonds. The molecule has 5 heteroatoms. The highest BCUT2D eigenvalue weighted by molar-refractivity contribution is 6.22. The van der Waals surface area contributed by atoms with Gasteiger partial charge in [0.25, 0.3) is 11.8 Å². The fourth-order valence-corrected chi connectivity index (χ4v) is 3.95. The van der Waals surface area contributed by atoms with Gasteiger partial charge in [0.15, 0.2) is 0 Å². The van der Waals surface area contributed by atoms with Gasteiger partial charge in [0, 0.05) is 18.5 Å². The molecule has 1 saturated heterocycles. The van der Waals surface area contributed by atoms with Crippen molar-refractivity contribution in [1.29, 1.82) is 0 Å². The summed E-state index contributed by atoms with van der Waals surface area (Å²) in [4.78, 5) is 40.6. The summed E-state index contributed by atoms with van der Waals surface area (Å²) in [6.07, 6.45) is 0.887. The summed E-state index contributed by atoms with van der Waals surface area (Å²) in [6, 6.07) is 16.9. The molecule has 1 fully saturated rings. The molecule has 4 rings (SSSR count). The third-order valence-electron chi connectivity index (χ3n) is 5.34. The molecule has 0 bridgehead atoms. The van der Waals surface area contributed by atoms with Crippen LogP contribution in [0.1, 0.15) is 45.5 Å². The minimum absolute atomic E-state index is 0.0860. The molecule has 0 saturated carbocycles. The van der Waals surface area contributed by atoms with Gasteiger partial charge in [-0.05, 0) is 31.0 Å². The second-order valence-electron chi connectivity index (χ2n) is 6.98. The van der Waals surface area contributed by atoms with Gasteiger partial charge < -0.3 is 4.90 Å². The van der Waals surface area contributed by atoms with E-state index in [0.29, 0.717) is 17.7 Å². The number of hydrogen-bond donors (Lipinski definition) is 0. The summed E-state index contributed by atoms with van der Waals surface area (Å²) in [5.41, 5.74) is 1.97. The quantitative estimate of drug-likeness (QED) is 0.802. The van der Waals surface area contributed by atoms with Gasteiger partial charge >= 0.3 is 0 Å². The zero-order valence-corrected chi connectivity index (χ0v) is 14.6. The van der Waals surface area contributed by atoms with Crippen LogP contribution in [0.5, 0.6) is 0 Å². The van der Waals surface area contributed by atoms with Crippen molar-refractivity contribution in [2.75, 3.05) is 13.1 Å². The highest BCUT2D eigenvalue weighted by Gasteiger charge is 2.39. The van der Waals surface area contributed by atoms with E-state index in [-0.39, 0.29) is 36.2 Å². The lowest BCUT2D eigenvalue weighted by molar-refractivity contribution is -0.132. The first kappa shape index (κ1) is 16.5. The highest BCUT2D eigenvalue weighted by atomic mass is 16.2. The number of hydrogen-bond acceptors (Lipinski definition) is 3. The smallest absolute Gasteiger partial charge is 0.262 e. The minimum atomic E-state index is -0.384. The van der Waals surface area contributed by atoms with Crippen molar-refractivity contribution in [3.63, 3.8) is 0 Å². The van der Waals surface area contributed by atoms with Crippen molar-refractivity contribution >= 4 is 17.7 Å². The second-order valence-corrected chi connectivity index (χ2v) is 6.98. The van der Waals surface area contributed by atoms with Crippen molar-refractivity contribution in [1.82, 2.24) is 9.80 Å².